The molecule has 0 aliphatic heterocycles. The Bertz CT molecular complexity index is 1290. The molecule has 2 aromatic heterocycles. The van der Waals surface area contributed by atoms with Crippen molar-refractivity contribution in [3.8, 4) is 5.75 Å². The van der Waals surface area contributed by atoms with E-state index in [1.165, 1.54) is 6.20 Å². The molecule has 0 radical (unpaired) electrons. The Labute approximate surface area is 179 Å². The Kier molecular flexibility index (Phi) is 5.79. The van der Waals surface area contributed by atoms with Gasteiger partial charge in [-0.2, -0.15) is 5.10 Å². The quantitative estimate of drug-likeness (QED) is 0.499. The number of carbonyl (C=O) groups excluding carboxylic acids is 1. The molecule has 4 rings (SSSR count). The average molecular weight is 417 g/mol. The number of nitrogens with one attached hydrogen (secondary N) is 1. The van der Waals surface area contributed by atoms with Crippen LogP contribution in [-0.4, -0.2) is 38.9 Å². The maximum Gasteiger partial charge on any atom is 0.264 e. The third-order valence-corrected chi connectivity index (χ3v) is 5.17. The van der Waals surface area contributed by atoms with Gasteiger partial charge in [-0.25, -0.2) is 9.67 Å². The Morgan fingerprint density at radius 2 is 2.00 bits per heavy atom. The summed E-state index contributed by atoms with van der Waals surface area (Å²) in [6, 6.07) is 14.9. The van der Waals surface area contributed by atoms with Gasteiger partial charge < -0.3 is 10.1 Å². The van der Waals surface area contributed by atoms with Crippen LogP contribution in [0.25, 0.3) is 11.0 Å². The maximum absolute atomic E-state index is 12.9. The van der Waals surface area contributed by atoms with Crippen molar-refractivity contribution >= 4 is 16.9 Å². The number of methoxy groups -OCH3 is 1. The molecule has 1 N–H and O–H groups in total. The lowest BCUT2D eigenvalue weighted by Gasteiger charge is -2.09. The van der Waals surface area contributed by atoms with Crippen LogP contribution in [0.15, 0.2) is 65.8 Å². The molecule has 0 aliphatic rings. The largest absolute Gasteiger partial charge is 0.497 e. The van der Waals surface area contributed by atoms with Crippen molar-refractivity contribution in [1.82, 2.24) is 24.6 Å². The first-order valence-corrected chi connectivity index (χ1v) is 9.94. The molecule has 0 saturated carbocycles. The van der Waals surface area contributed by atoms with Crippen LogP contribution < -0.4 is 15.6 Å². The van der Waals surface area contributed by atoms with Gasteiger partial charge in [0.15, 0.2) is 5.65 Å². The highest BCUT2D eigenvalue weighted by Crippen LogP contribution is 2.13. The molecular weight excluding hydrogens is 394 g/mol. The van der Waals surface area contributed by atoms with Crippen LogP contribution in [0.3, 0.4) is 0 Å². The summed E-state index contributed by atoms with van der Waals surface area (Å²) in [6.45, 7) is 3.22. The van der Waals surface area contributed by atoms with Gasteiger partial charge >= 0.3 is 0 Å². The predicted molar refractivity (Wildman–Crippen MR) is 117 cm³/mol. The standard InChI is InChI=1S/C23H23N5O3/c1-16-6-3-4-7-18(16)14-27-15-25-21-20(23(27)30)13-26-28(21)11-10-24-22(29)17-8-5-9-19(12-17)31-2/h3-9,12-13,15H,10-11,14H2,1-2H3,(H,24,29). The van der Waals surface area contributed by atoms with Crippen LogP contribution in [0, 0.1) is 6.92 Å². The lowest BCUT2D eigenvalue weighted by molar-refractivity contribution is 0.0951. The molecule has 31 heavy (non-hydrogen) atoms. The van der Waals surface area contributed by atoms with Gasteiger partial charge in [0.05, 0.1) is 26.4 Å². The molecule has 8 nitrogen and oxygen atoms in total. The molecule has 0 aliphatic carbocycles. The number of benzene rings is 2. The van der Waals surface area contributed by atoms with Crippen molar-refractivity contribution in [3.63, 3.8) is 0 Å². The third-order valence-electron chi connectivity index (χ3n) is 5.17. The van der Waals surface area contributed by atoms with Crippen molar-refractivity contribution < 1.29 is 9.53 Å². The highest BCUT2D eigenvalue weighted by Gasteiger charge is 2.12. The fourth-order valence-corrected chi connectivity index (χ4v) is 3.39. The Morgan fingerprint density at radius 1 is 1.16 bits per heavy atom. The normalized spacial score (nSPS) is 10.9. The van der Waals surface area contributed by atoms with Crippen molar-refractivity contribution in [2.75, 3.05) is 13.7 Å². The van der Waals surface area contributed by atoms with Crippen molar-refractivity contribution in [2.24, 2.45) is 0 Å². The van der Waals surface area contributed by atoms with E-state index < -0.39 is 0 Å². The SMILES string of the molecule is COc1cccc(C(=O)NCCn2ncc3c(=O)n(Cc4ccccc4C)cnc32)c1. The summed E-state index contributed by atoms with van der Waals surface area (Å²) in [4.78, 5) is 29.7. The third kappa shape index (κ3) is 4.32. The zero-order valence-electron chi connectivity index (χ0n) is 17.4. The number of ether oxygens (including phenoxy) is 1. The number of fused-ring (bicyclic) bond motifs is 1. The molecular formula is C23H23N5O3. The van der Waals surface area contributed by atoms with E-state index in [1.54, 1.807) is 47.0 Å². The van der Waals surface area contributed by atoms with E-state index in [2.05, 4.69) is 15.4 Å². The van der Waals surface area contributed by atoms with Gasteiger partial charge in [0, 0.05) is 12.1 Å². The van der Waals surface area contributed by atoms with E-state index >= 15 is 0 Å². The molecule has 158 valence electrons. The second kappa shape index (κ2) is 8.83. The van der Waals surface area contributed by atoms with Crippen molar-refractivity contribution in [1.29, 1.82) is 0 Å². The van der Waals surface area contributed by atoms with Gasteiger partial charge in [0.2, 0.25) is 0 Å². The molecule has 0 unspecified atom stereocenters. The molecule has 1 amide bonds. The average Bonchev–Trinajstić information content (AvgIpc) is 3.21. The summed E-state index contributed by atoms with van der Waals surface area (Å²) >= 11 is 0. The zero-order chi connectivity index (χ0) is 21.8. The first kappa shape index (κ1) is 20.3. The zero-order valence-corrected chi connectivity index (χ0v) is 17.4. The summed E-state index contributed by atoms with van der Waals surface area (Å²) in [7, 11) is 1.56. The summed E-state index contributed by atoms with van der Waals surface area (Å²) in [5.41, 5.74) is 3.07. The Morgan fingerprint density at radius 3 is 2.81 bits per heavy atom. The molecule has 4 aromatic rings. The minimum atomic E-state index is -0.205. The van der Waals surface area contributed by atoms with E-state index in [4.69, 9.17) is 4.74 Å². The van der Waals surface area contributed by atoms with Crippen molar-refractivity contribution in [3.05, 3.63) is 88.1 Å². The van der Waals surface area contributed by atoms with Gasteiger partial charge in [0.1, 0.15) is 17.5 Å². The van der Waals surface area contributed by atoms with Gasteiger partial charge in [0.25, 0.3) is 11.5 Å². The number of hydrogen-bond donors (Lipinski definition) is 1. The van der Waals surface area contributed by atoms with Crippen LogP contribution in [0.5, 0.6) is 5.75 Å². The smallest absolute Gasteiger partial charge is 0.264 e. The van der Waals surface area contributed by atoms with Crippen LogP contribution in [-0.2, 0) is 13.1 Å². The number of amides is 1. The molecule has 2 aromatic carbocycles. The first-order valence-electron chi connectivity index (χ1n) is 9.94. The predicted octanol–water partition coefficient (Wildman–Crippen LogP) is 2.39. The minimum Gasteiger partial charge on any atom is -0.497 e. The fraction of sp³-hybridized carbons (Fsp3) is 0.217. The second-order valence-corrected chi connectivity index (χ2v) is 7.20. The van der Waals surface area contributed by atoms with Gasteiger partial charge in [-0.3, -0.25) is 14.2 Å². The summed E-state index contributed by atoms with van der Waals surface area (Å²) in [5, 5.41) is 7.59. The van der Waals surface area contributed by atoms with E-state index in [1.807, 2.05) is 31.2 Å². The number of carbonyl (C=O) groups is 1. The molecule has 0 spiro atoms. The van der Waals surface area contributed by atoms with Crippen molar-refractivity contribution in [2.45, 2.75) is 20.0 Å². The fourth-order valence-electron chi connectivity index (χ4n) is 3.39. The maximum atomic E-state index is 12.9. The van der Waals surface area contributed by atoms with Crippen LogP contribution in [0.1, 0.15) is 21.5 Å². The van der Waals surface area contributed by atoms with Crippen LogP contribution in [0.2, 0.25) is 0 Å². The monoisotopic (exact) mass is 417 g/mol. The Hall–Kier alpha value is -3.94. The van der Waals surface area contributed by atoms with Crippen LogP contribution >= 0.6 is 0 Å². The lowest BCUT2D eigenvalue weighted by Crippen LogP contribution is -2.27. The molecule has 0 atom stereocenters. The lowest BCUT2D eigenvalue weighted by atomic mass is 10.1. The van der Waals surface area contributed by atoms with E-state index in [0.717, 1.165) is 11.1 Å². The topological polar surface area (TPSA) is 91.0 Å². The van der Waals surface area contributed by atoms with Gasteiger partial charge in [-0.15, -0.1) is 0 Å². The molecule has 2 heterocycles. The van der Waals surface area contributed by atoms with Gasteiger partial charge in [-0.05, 0) is 36.2 Å². The van der Waals surface area contributed by atoms with E-state index in [0.29, 0.717) is 42.0 Å². The molecule has 0 bridgehead atoms. The second-order valence-electron chi connectivity index (χ2n) is 7.20. The Balaban J connectivity index is 1.46. The summed E-state index contributed by atoms with van der Waals surface area (Å²) < 4.78 is 8.36. The number of rotatable bonds is 7. The highest BCUT2D eigenvalue weighted by atomic mass is 16.5. The molecule has 0 saturated heterocycles. The highest BCUT2D eigenvalue weighted by molar-refractivity contribution is 5.94. The van der Waals surface area contributed by atoms with E-state index in [9.17, 15) is 9.59 Å². The number of aryl methyl sites for hydroxylation is 1. The molecule has 8 heteroatoms. The van der Waals surface area contributed by atoms with Crippen LogP contribution in [0.4, 0.5) is 0 Å². The first-order chi connectivity index (χ1) is 15.1. The number of hydrogen-bond acceptors (Lipinski definition) is 5. The van der Waals surface area contributed by atoms with E-state index in [-0.39, 0.29) is 11.5 Å². The minimum absolute atomic E-state index is 0.139. The summed E-state index contributed by atoms with van der Waals surface area (Å²) in [6.07, 6.45) is 3.08. The van der Waals surface area contributed by atoms with Gasteiger partial charge in [-0.1, -0.05) is 30.3 Å². The number of nitrogens with zero attached hydrogens (tertiary/aromatic N) is 4. The molecule has 0 fully saturated rings. The summed E-state index contributed by atoms with van der Waals surface area (Å²) in [5.74, 6) is 0.417. The number of aromatic nitrogens is 4.